The molecular formula is C17H21NO4. The molecule has 118 valence electrons. The molecule has 1 aromatic rings. The Balaban J connectivity index is 1.71. The fourth-order valence-electron chi connectivity index (χ4n) is 3.34. The molecule has 1 aliphatic heterocycles. The van der Waals surface area contributed by atoms with Gasteiger partial charge in [0.05, 0.1) is 12.5 Å². The lowest BCUT2D eigenvalue weighted by atomic mass is 9.66. The second-order valence-corrected chi connectivity index (χ2v) is 6.32. The zero-order chi connectivity index (χ0) is 15.7. The number of nitrogens with zero attached hydrogens (tertiary/aromatic N) is 1. The molecule has 0 bridgehead atoms. The zero-order valence-electron chi connectivity index (χ0n) is 12.8. The Bertz CT molecular complexity index is 607. The van der Waals surface area contributed by atoms with Crippen molar-refractivity contribution in [2.75, 3.05) is 13.7 Å². The van der Waals surface area contributed by atoms with E-state index in [1.807, 2.05) is 18.2 Å². The van der Waals surface area contributed by atoms with Gasteiger partial charge in [-0.2, -0.15) is 0 Å². The Labute approximate surface area is 129 Å². The summed E-state index contributed by atoms with van der Waals surface area (Å²) in [5.41, 5.74) is 1.52. The van der Waals surface area contributed by atoms with E-state index in [0.29, 0.717) is 25.9 Å². The van der Waals surface area contributed by atoms with Crippen molar-refractivity contribution in [1.82, 2.24) is 4.90 Å². The first-order chi connectivity index (χ1) is 10.5. The fraction of sp³-hybridized carbons (Fsp3) is 0.529. The van der Waals surface area contributed by atoms with Crippen LogP contribution in [0, 0.1) is 5.41 Å². The number of methoxy groups -OCH3 is 1. The van der Waals surface area contributed by atoms with Gasteiger partial charge in [-0.1, -0.05) is 12.5 Å². The zero-order valence-corrected chi connectivity index (χ0v) is 12.8. The molecule has 5 nitrogen and oxygen atoms in total. The first-order valence-corrected chi connectivity index (χ1v) is 7.71. The van der Waals surface area contributed by atoms with Crippen LogP contribution in [0.1, 0.15) is 36.8 Å². The summed E-state index contributed by atoms with van der Waals surface area (Å²) in [5.74, 6) is -0.0872. The monoisotopic (exact) mass is 303 g/mol. The minimum Gasteiger partial charge on any atom is -0.497 e. The van der Waals surface area contributed by atoms with Crippen LogP contribution in [-0.4, -0.2) is 35.5 Å². The van der Waals surface area contributed by atoms with Gasteiger partial charge in [-0.3, -0.25) is 9.59 Å². The molecule has 1 saturated carbocycles. The number of carbonyl (C=O) groups is 2. The number of aliphatic carboxylic acids is 1. The third-order valence-corrected chi connectivity index (χ3v) is 5.03. The molecule has 22 heavy (non-hydrogen) atoms. The van der Waals surface area contributed by atoms with E-state index in [9.17, 15) is 14.7 Å². The minimum atomic E-state index is -0.828. The number of hydrogen-bond acceptors (Lipinski definition) is 3. The Morgan fingerprint density at radius 1 is 1.32 bits per heavy atom. The highest BCUT2D eigenvalue weighted by atomic mass is 16.5. The molecule has 5 heteroatoms. The van der Waals surface area contributed by atoms with Crippen LogP contribution in [0.3, 0.4) is 0 Å². The van der Waals surface area contributed by atoms with Crippen molar-refractivity contribution in [3.8, 4) is 5.75 Å². The van der Waals surface area contributed by atoms with Crippen molar-refractivity contribution < 1.29 is 19.4 Å². The second-order valence-electron chi connectivity index (χ2n) is 6.32. The summed E-state index contributed by atoms with van der Waals surface area (Å²) in [6.07, 6.45) is 3.07. The number of carboxylic acids is 1. The Morgan fingerprint density at radius 3 is 2.68 bits per heavy atom. The second kappa shape index (κ2) is 5.63. The van der Waals surface area contributed by atoms with E-state index in [-0.39, 0.29) is 12.3 Å². The topological polar surface area (TPSA) is 66.8 Å². The molecule has 0 radical (unpaired) electrons. The largest absolute Gasteiger partial charge is 0.497 e. The maximum atomic E-state index is 12.5. The number of benzene rings is 1. The molecule has 1 aromatic carbocycles. The fourth-order valence-corrected chi connectivity index (χ4v) is 3.34. The standard InChI is InChI=1S/C17H21NO4/c1-22-14-4-3-12-5-8-18(11-13(12)9-14)15(19)10-17(16(20)21)6-2-7-17/h3-4,9H,2,5-8,10-11H2,1H3,(H,20,21). The van der Waals surface area contributed by atoms with Gasteiger partial charge >= 0.3 is 5.97 Å². The molecule has 1 amide bonds. The smallest absolute Gasteiger partial charge is 0.310 e. The van der Waals surface area contributed by atoms with Gasteiger partial charge in [-0.15, -0.1) is 0 Å². The van der Waals surface area contributed by atoms with Crippen LogP contribution in [0.15, 0.2) is 18.2 Å². The average Bonchev–Trinajstić information content (AvgIpc) is 2.49. The summed E-state index contributed by atoms with van der Waals surface area (Å²) >= 11 is 0. The summed E-state index contributed by atoms with van der Waals surface area (Å²) in [7, 11) is 1.63. The normalized spacial score (nSPS) is 19.0. The van der Waals surface area contributed by atoms with E-state index in [4.69, 9.17) is 4.74 Å². The van der Waals surface area contributed by atoms with Crippen LogP contribution in [0.5, 0.6) is 5.75 Å². The van der Waals surface area contributed by atoms with E-state index < -0.39 is 11.4 Å². The van der Waals surface area contributed by atoms with Crippen molar-refractivity contribution in [3.05, 3.63) is 29.3 Å². The molecule has 3 rings (SSSR count). The quantitative estimate of drug-likeness (QED) is 0.926. The number of carbonyl (C=O) groups excluding carboxylic acids is 1. The number of amides is 1. The molecule has 0 saturated heterocycles. The van der Waals surface area contributed by atoms with Gasteiger partial charge in [0, 0.05) is 19.5 Å². The highest BCUT2D eigenvalue weighted by Crippen LogP contribution is 2.44. The number of ether oxygens (including phenoxy) is 1. The van der Waals surface area contributed by atoms with Crippen LogP contribution in [0.2, 0.25) is 0 Å². The molecule has 0 aromatic heterocycles. The van der Waals surface area contributed by atoms with Crippen molar-refractivity contribution in [2.24, 2.45) is 5.41 Å². The van der Waals surface area contributed by atoms with Crippen LogP contribution >= 0.6 is 0 Å². The van der Waals surface area contributed by atoms with Crippen molar-refractivity contribution >= 4 is 11.9 Å². The average molecular weight is 303 g/mol. The molecule has 1 fully saturated rings. The summed E-state index contributed by atoms with van der Waals surface area (Å²) in [6.45, 7) is 1.20. The highest BCUT2D eigenvalue weighted by Gasteiger charge is 2.46. The van der Waals surface area contributed by atoms with Crippen LogP contribution < -0.4 is 4.74 Å². The van der Waals surface area contributed by atoms with E-state index in [0.717, 1.165) is 24.2 Å². The Morgan fingerprint density at radius 2 is 2.09 bits per heavy atom. The Hall–Kier alpha value is -2.04. The number of carboxylic acid groups (broad SMARTS) is 1. The van der Waals surface area contributed by atoms with Gasteiger partial charge in [0.2, 0.25) is 5.91 Å². The van der Waals surface area contributed by atoms with Gasteiger partial charge in [0.1, 0.15) is 5.75 Å². The molecule has 0 atom stereocenters. The lowest BCUT2D eigenvalue weighted by Gasteiger charge is -2.39. The van der Waals surface area contributed by atoms with Gasteiger partial charge in [-0.05, 0) is 42.5 Å². The summed E-state index contributed by atoms with van der Waals surface area (Å²) < 4.78 is 5.23. The van der Waals surface area contributed by atoms with Crippen molar-refractivity contribution in [3.63, 3.8) is 0 Å². The number of fused-ring (bicyclic) bond motifs is 1. The van der Waals surface area contributed by atoms with Gasteiger partial charge in [0.15, 0.2) is 0 Å². The Kier molecular flexibility index (Phi) is 3.81. The summed E-state index contributed by atoms with van der Waals surface area (Å²) in [5, 5.41) is 9.37. The highest BCUT2D eigenvalue weighted by molar-refractivity contribution is 5.85. The molecule has 0 spiro atoms. The predicted molar refractivity (Wildman–Crippen MR) is 80.7 cm³/mol. The third-order valence-electron chi connectivity index (χ3n) is 5.03. The molecule has 2 aliphatic rings. The first-order valence-electron chi connectivity index (χ1n) is 7.71. The van der Waals surface area contributed by atoms with Gasteiger partial charge < -0.3 is 14.7 Å². The summed E-state index contributed by atoms with van der Waals surface area (Å²) in [6, 6.07) is 5.94. The van der Waals surface area contributed by atoms with E-state index in [1.165, 1.54) is 5.56 Å². The van der Waals surface area contributed by atoms with Gasteiger partial charge in [0.25, 0.3) is 0 Å². The molecule has 0 unspecified atom stereocenters. The number of rotatable bonds is 4. The van der Waals surface area contributed by atoms with E-state index >= 15 is 0 Å². The van der Waals surface area contributed by atoms with Crippen molar-refractivity contribution in [2.45, 2.75) is 38.6 Å². The van der Waals surface area contributed by atoms with Crippen LogP contribution in [-0.2, 0) is 22.6 Å². The van der Waals surface area contributed by atoms with Gasteiger partial charge in [-0.25, -0.2) is 0 Å². The predicted octanol–water partition coefficient (Wildman–Crippen LogP) is 2.22. The van der Waals surface area contributed by atoms with E-state index in [2.05, 4.69) is 0 Å². The molecule has 1 heterocycles. The molecular weight excluding hydrogens is 282 g/mol. The lowest BCUT2D eigenvalue weighted by Crippen LogP contribution is -2.45. The molecule has 1 aliphatic carbocycles. The van der Waals surface area contributed by atoms with Crippen molar-refractivity contribution in [1.29, 1.82) is 0 Å². The number of hydrogen-bond donors (Lipinski definition) is 1. The first kappa shape index (κ1) is 14.9. The maximum Gasteiger partial charge on any atom is 0.310 e. The van der Waals surface area contributed by atoms with Crippen LogP contribution in [0.4, 0.5) is 0 Å². The lowest BCUT2D eigenvalue weighted by molar-refractivity contribution is -0.159. The minimum absolute atomic E-state index is 0.0458. The van der Waals surface area contributed by atoms with E-state index in [1.54, 1.807) is 12.0 Å². The summed E-state index contributed by atoms with van der Waals surface area (Å²) in [4.78, 5) is 25.7. The third kappa shape index (κ3) is 2.56. The molecule has 1 N–H and O–H groups in total. The van der Waals surface area contributed by atoms with Crippen LogP contribution in [0.25, 0.3) is 0 Å². The SMILES string of the molecule is COc1ccc2c(c1)CN(C(=O)CC1(C(=O)O)CCC1)CC2. The maximum absolute atomic E-state index is 12.5.